The van der Waals surface area contributed by atoms with Crippen LogP contribution < -0.4 is 9.64 Å². The van der Waals surface area contributed by atoms with Crippen LogP contribution in [0.2, 0.25) is 0 Å². The first-order chi connectivity index (χ1) is 21.0. The average Bonchev–Trinajstić information content (AvgIpc) is 3.70. The highest BCUT2D eigenvalue weighted by Crippen LogP contribution is 2.48. The summed E-state index contributed by atoms with van der Waals surface area (Å²) in [5.41, 5.74) is 4.26. The van der Waals surface area contributed by atoms with E-state index >= 15 is 0 Å². The predicted octanol–water partition coefficient (Wildman–Crippen LogP) is 5.60. The fourth-order valence-electron chi connectivity index (χ4n) is 5.70. The van der Waals surface area contributed by atoms with E-state index in [-0.39, 0.29) is 36.4 Å². The van der Waals surface area contributed by atoms with Gasteiger partial charge in [0.2, 0.25) is 0 Å². The first kappa shape index (κ1) is 30.5. The van der Waals surface area contributed by atoms with Gasteiger partial charge in [-0.05, 0) is 44.0 Å². The number of amides is 3. The van der Waals surface area contributed by atoms with Crippen molar-refractivity contribution >= 4 is 51.6 Å². The number of hydrogen-bond acceptors (Lipinski definition) is 8. The largest absolute Gasteiger partial charge is 0.465 e. The van der Waals surface area contributed by atoms with E-state index in [4.69, 9.17) is 18.6 Å². The number of aryl methyl sites for hydroxylation is 2. The van der Waals surface area contributed by atoms with Gasteiger partial charge < -0.3 is 38.3 Å². The number of carbonyl (C=O) groups excluding carboxylic acids is 4. The van der Waals surface area contributed by atoms with Crippen molar-refractivity contribution in [1.29, 1.82) is 0 Å². The number of aromatic nitrogens is 1. The number of furan rings is 1. The number of methoxy groups -OCH3 is 2. The van der Waals surface area contributed by atoms with Crippen LogP contribution in [0.3, 0.4) is 0 Å². The van der Waals surface area contributed by atoms with Crippen molar-refractivity contribution in [2.24, 2.45) is 0 Å². The van der Waals surface area contributed by atoms with Crippen molar-refractivity contribution in [3.8, 4) is 5.75 Å². The first-order valence-corrected chi connectivity index (χ1v) is 14.3. The van der Waals surface area contributed by atoms with Crippen LogP contribution in [0, 0.1) is 13.8 Å². The summed E-state index contributed by atoms with van der Waals surface area (Å²) < 4.78 is 21.7. The van der Waals surface area contributed by atoms with Crippen molar-refractivity contribution in [3.05, 3.63) is 58.5 Å². The second-order valence-corrected chi connectivity index (χ2v) is 11.0. The van der Waals surface area contributed by atoms with E-state index in [9.17, 15) is 19.2 Å². The Labute approximate surface area is 254 Å². The normalized spacial score (nSPS) is 14.1. The molecule has 0 aliphatic carbocycles. The number of nitrogens with one attached hydrogen (secondary N) is 1. The summed E-state index contributed by atoms with van der Waals surface area (Å²) in [7, 11) is 5.69. The summed E-state index contributed by atoms with van der Waals surface area (Å²) in [5.74, 6) is -0.676. The molecule has 3 amide bonds. The molecule has 12 nitrogen and oxygen atoms in total. The molecule has 12 heteroatoms. The maximum Gasteiger partial charge on any atom is 0.415 e. The zero-order chi connectivity index (χ0) is 31.9. The van der Waals surface area contributed by atoms with E-state index in [0.29, 0.717) is 46.4 Å². The molecule has 1 atom stereocenters. The van der Waals surface area contributed by atoms with Crippen molar-refractivity contribution in [2.75, 3.05) is 52.8 Å². The van der Waals surface area contributed by atoms with Gasteiger partial charge in [0.25, 0.3) is 5.91 Å². The molecule has 0 spiro atoms. The van der Waals surface area contributed by atoms with E-state index in [0.717, 1.165) is 16.5 Å². The molecule has 0 radical (unpaired) electrons. The van der Waals surface area contributed by atoms with Crippen LogP contribution in [0.4, 0.5) is 15.3 Å². The number of carbonyl (C=O) groups is 4. The number of likely N-dealkylation sites (N-methyl/N-ethyl adjacent to an activating group) is 2. The molecule has 0 bridgehead atoms. The SMILES string of the molecule is CC[C@@H]1CN(C(=O)c2cc3cc(C)ccc3o2)c2cc(OC(=O)N(C)CCN(C)C(=O)OC)c3[nH]c(C)c(C(=O)OC)c3c21. The Bertz CT molecular complexity index is 1790. The van der Waals surface area contributed by atoms with E-state index in [1.807, 2.05) is 32.0 Å². The first-order valence-electron chi connectivity index (χ1n) is 14.3. The van der Waals surface area contributed by atoms with Gasteiger partial charge in [-0.1, -0.05) is 18.6 Å². The predicted molar refractivity (Wildman–Crippen MR) is 164 cm³/mol. The van der Waals surface area contributed by atoms with Crippen molar-refractivity contribution < 1.29 is 37.8 Å². The molecule has 0 saturated carbocycles. The monoisotopic (exact) mass is 604 g/mol. The topological polar surface area (TPSA) is 135 Å². The standard InChI is InChI=1S/C32H36N4O8/c1-8-19-16-36(29(37)24-14-20-13-17(2)9-10-22(20)43-24)21-15-23(44-32(40)35(5)12-11-34(4)31(39)42-7)28-27(26(19)21)25(18(3)33-28)30(38)41-6/h9-10,13-15,19,33H,8,11-12,16H2,1-7H3/t19-/m1/s1. The molecule has 0 unspecified atom stereocenters. The lowest BCUT2D eigenvalue weighted by Crippen LogP contribution is -2.38. The number of benzene rings is 2. The van der Waals surface area contributed by atoms with Crippen LogP contribution in [0.1, 0.15) is 57.0 Å². The molecule has 0 saturated heterocycles. The third-order valence-electron chi connectivity index (χ3n) is 8.13. The fourth-order valence-corrected chi connectivity index (χ4v) is 5.70. The summed E-state index contributed by atoms with van der Waals surface area (Å²) in [6.45, 7) is 6.46. The van der Waals surface area contributed by atoms with Gasteiger partial charge in [0.05, 0.1) is 31.0 Å². The summed E-state index contributed by atoms with van der Waals surface area (Å²) in [4.78, 5) is 59.5. The molecule has 0 fully saturated rings. The quantitative estimate of drug-likeness (QED) is 0.270. The molecule has 1 aliphatic rings. The Morgan fingerprint density at radius 2 is 1.70 bits per heavy atom. The maximum absolute atomic E-state index is 14.0. The molecule has 4 aromatic rings. The minimum absolute atomic E-state index is 0.108. The number of fused-ring (bicyclic) bond motifs is 4. The van der Waals surface area contributed by atoms with Gasteiger partial charge in [0.1, 0.15) is 5.58 Å². The van der Waals surface area contributed by atoms with Gasteiger partial charge in [-0.2, -0.15) is 0 Å². The molecule has 3 heterocycles. The number of ether oxygens (including phenoxy) is 3. The number of hydrogen-bond donors (Lipinski definition) is 1. The molecule has 2 aromatic heterocycles. The minimum Gasteiger partial charge on any atom is -0.465 e. The number of aromatic amines is 1. The number of rotatable bonds is 7. The Morgan fingerprint density at radius 3 is 2.36 bits per heavy atom. The average molecular weight is 605 g/mol. The molecule has 5 rings (SSSR count). The molecule has 232 valence electrons. The number of nitrogens with zero attached hydrogens (tertiary/aromatic N) is 3. The van der Waals surface area contributed by atoms with E-state index < -0.39 is 18.2 Å². The van der Waals surface area contributed by atoms with Crippen molar-refractivity contribution in [3.63, 3.8) is 0 Å². The van der Waals surface area contributed by atoms with Gasteiger partial charge in [-0.3, -0.25) is 4.79 Å². The highest BCUT2D eigenvalue weighted by atomic mass is 16.6. The third-order valence-corrected chi connectivity index (χ3v) is 8.13. The fraction of sp³-hybridized carbons (Fsp3) is 0.375. The Morgan fingerprint density at radius 1 is 1.00 bits per heavy atom. The van der Waals surface area contributed by atoms with Crippen LogP contribution in [0.15, 0.2) is 34.7 Å². The highest BCUT2D eigenvalue weighted by molar-refractivity contribution is 6.14. The minimum atomic E-state index is -0.688. The van der Waals surface area contributed by atoms with E-state index in [1.165, 1.54) is 24.0 Å². The molecule has 1 N–H and O–H groups in total. The summed E-state index contributed by atoms with van der Waals surface area (Å²) >= 11 is 0. The lowest BCUT2D eigenvalue weighted by Gasteiger charge is -2.22. The molecule has 1 aliphatic heterocycles. The van der Waals surface area contributed by atoms with Gasteiger partial charge >= 0.3 is 18.2 Å². The number of esters is 1. The van der Waals surface area contributed by atoms with Crippen LogP contribution in [-0.4, -0.2) is 86.8 Å². The second kappa shape index (κ2) is 11.9. The van der Waals surface area contributed by atoms with Gasteiger partial charge in [0, 0.05) is 62.2 Å². The molecular formula is C32H36N4O8. The molecule has 2 aromatic carbocycles. The summed E-state index contributed by atoms with van der Waals surface area (Å²) in [6.07, 6.45) is -0.530. The van der Waals surface area contributed by atoms with Crippen LogP contribution >= 0.6 is 0 Å². The Kier molecular flexibility index (Phi) is 8.27. The van der Waals surface area contributed by atoms with Gasteiger partial charge in [0.15, 0.2) is 11.5 Å². The zero-order valence-electron chi connectivity index (χ0n) is 25.9. The molecular weight excluding hydrogens is 568 g/mol. The smallest absolute Gasteiger partial charge is 0.415 e. The lowest BCUT2D eigenvalue weighted by atomic mass is 9.93. The summed E-state index contributed by atoms with van der Waals surface area (Å²) in [5, 5.41) is 1.37. The van der Waals surface area contributed by atoms with Gasteiger partial charge in [-0.25, -0.2) is 14.4 Å². The summed E-state index contributed by atoms with van der Waals surface area (Å²) in [6, 6.07) is 9.09. The maximum atomic E-state index is 14.0. The number of H-pyrrole nitrogens is 1. The lowest BCUT2D eigenvalue weighted by molar-refractivity contribution is 0.0602. The van der Waals surface area contributed by atoms with Crippen LogP contribution in [0.25, 0.3) is 21.9 Å². The Balaban J connectivity index is 1.59. The van der Waals surface area contributed by atoms with Crippen molar-refractivity contribution in [2.45, 2.75) is 33.1 Å². The third kappa shape index (κ3) is 5.31. The van der Waals surface area contributed by atoms with E-state index in [1.54, 1.807) is 38.1 Å². The van der Waals surface area contributed by atoms with Crippen LogP contribution in [0.5, 0.6) is 5.75 Å². The Hall–Kier alpha value is -5.00. The zero-order valence-corrected chi connectivity index (χ0v) is 25.9. The second-order valence-electron chi connectivity index (χ2n) is 11.0. The highest BCUT2D eigenvalue weighted by Gasteiger charge is 2.38. The number of anilines is 1. The molecule has 44 heavy (non-hydrogen) atoms. The van der Waals surface area contributed by atoms with E-state index in [2.05, 4.69) is 4.98 Å². The van der Waals surface area contributed by atoms with Crippen molar-refractivity contribution in [1.82, 2.24) is 14.8 Å². The van der Waals surface area contributed by atoms with Crippen LogP contribution in [-0.2, 0) is 9.47 Å². The van der Waals surface area contributed by atoms with Gasteiger partial charge in [-0.15, -0.1) is 0 Å².